The summed E-state index contributed by atoms with van der Waals surface area (Å²) in [7, 11) is 0. The molecular weight excluding hydrogens is 322 g/mol. The van der Waals surface area contributed by atoms with Crippen LogP contribution in [0.1, 0.15) is 43.5 Å². The average Bonchev–Trinajstić information content (AvgIpc) is 3.03. The second kappa shape index (κ2) is 8.33. The van der Waals surface area contributed by atoms with Crippen LogP contribution in [-0.4, -0.2) is 39.3 Å². The minimum absolute atomic E-state index is 0.222. The van der Waals surface area contributed by atoms with Crippen molar-refractivity contribution >= 4 is 17.7 Å². The molecular formula is C18H23N3O2S. The third-order valence-corrected chi connectivity index (χ3v) is 5.20. The Morgan fingerprint density at radius 2 is 2.17 bits per heavy atom. The molecule has 2 aromatic rings. The van der Waals surface area contributed by atoms with Gasteiger partial charge in [0.05, 0.1) is 17.9 Å². The number of thioether (sulfide) groups is 1. The molecule has 0 spiro atoms. The number of benzene rings is 1. The summed E-state index contributed by atoms with van der Waals surface area (Å²) in [6, 6.07) is 10.4. The molecule has 1 aromatic heterocycles. The van der Waals surface area contributed by atoms with Gasteiger partial charge in [-0.2, -0.15) is 4.98 Å². The fraction of sp³-hybridized carbons (Fsp3) is 0.500. The Morgan fingerprint density at radius 1 is 1.33 bits per heavy atom. The topological polar surface area (TPSA) is 59.2 Å². The number of carbonyl (C=O) groups is 1. The van der Waals surface area contributed by atoms with Crippen molar-refractivity contribution in [2.75, 3.05) is 12.3 Å². The lowest BCUT2D eigenvalue weighted by Gasteiger charge is -2.33. The summed E-state index contributed by atoms with van der Waals surface area (Å²) in [5, 5.41) is 4.00. The van der Waals surface area contributed by atoms with Crippen molar-refractivity contribution in [3.63, 3.8) is 0 Å². The maximum atomic E-state index is 12.3. The van der Waals surface area contributed by atoms with E-state index >= 15 is 0 Å². The third kappa shape index (κ3) is 4.60. The second-order valence-electron chi connectivity index (χ2n) is 6.19. The molecule has 1 fully saturated rings. The van der Waals surface area contributed by atoms with Crippen LogP contribution in [0.4, 0.5) is 0 Å². The molecule has 0 unspecified atom stereocenters. The highest BCUT2D eigenvalue weighted by molar-refractivity contribution is 7.99. The summed E-state index contributed by atoms with van der Waals surface area (Å²) >= 11 is 1.55. The number of hydrogen-bond acceptors (Lipinski definition) is 5. The molecule has 1 aromatic carbocycles. The Morgan fingerprint density at radius 3 is 2.96 bits per heavy atom. The van der Waals surface area contributed by atoms with Gasteiger partial charge in [-0.15, -0.1) is 11.8 Å². The van der Waals surface area contributed by atoms with Gasteiger partial charge in [0.1, 0.15) is 0 Å². The largest absolute Gasteiger partial charge is 0.339 e. The standard InChI is InChI=1S/C18H23N3O2S/c1-14-7-5-6-10-21(14)18(22)13-24-12-16-19-17(23-20-16)11-15-8-3-2-4-9-15/h2-4,8-9,14H,5-7,10-13H2,1H3/t14-/m1/s1. The van der Waals surface area contributed by atoms with Crippen molar-refractivity contribution in [3.05, 3.63) is 47.6 Å². The lowest BCUT2D eigenvalue weighted by molar-refractivity contribution is -0.131. The molecule has 2 heterocycles. The molecule has 1 saturated heterocycles. The summed E-state index contributed by atoms with van der Waals surface area (Å²) in [4.78, 5) is 18.7. The zero-order valence-electron chi connectivity index (χ0n) is 14.0. The minimum atomic E-state index is 0.222. The highest BCUT2D eigenvalue weighted by Gasteiger charge is 2.22. The number of amides is 1. The van der Waals surface area contributed by atoms with Crippen LogP contribution >= 0.6 is 11.8 Å². The molecule has 24 heavy (non-hydrogen) atoms. The van der Waals surface area contributed by atoms with Crippen LogP contribution in [-0.2, 0) is 17.0 Å². The maximum Gasteiger partial charge on any atom is 0.232 e. The molecule has 0 bridgehead atoms. The molecule has 1 aliphatic heterocycles. The van der Waals surface area contributed by atoms with E-state index in [9.17, 15) is 4.79 Å². The van der Waals surface area contributed by atoms with E-state index in [0.717, 1.165) is 24.9 Å². The zero-order valence-corrected chi connectivity index (χ0v) is 14.8. The SMILES string of the molecule is C[C@@H]1CCCCN1C(=O)CSCc1noc(Cc2ccccc2)n1. The number of carbonyl (C=O) groups excluding carboxylic acids is 1. The van der Waals surface area contributed by atoms with Crippen molar-refractivity contribution in [1.82, 2.24) is 15.0 Å². The van der Waals surface area contributed by atoms with Crippen molar-refractivity contribution in [2.45, 2.75) is 44.4 Å². The quantitative estimate of drug-likeness (QED) is 0.804. The Balaban J connectivity index is 1.44. The van der Waals surface area contributed by atoms with Gasteiger partial charge in [0, 0.05) is 12.6 Å². The highest BCUT2D eigenvalue weighted by atomic mass is 32.2. The molecule has 0 N–H and O–H groups in total. The van der Waals surface area contributed by atoms with E-state index in [-0.39, 0.29) is 5.91 Å². The predicted molar refractivity (Wildman–Crippen MR) is 94.7 cm³/mol. The lowest BCUT2D eigenvalue weighted by atomic mass is 10.0. The van der Waals surface area contributed by atoms with Crippen LogP contribution in [0.5, 0.6) is 0 Å². The van der Waals surface area contributed by atoms with Crippen molar-refractivity contribution in [2.24, 2.45) is 0 Å². The fourth-order valence-electron chi connectivity index (χ4n) is 2.97. The van der Waals surface area contributed by atoms with Gasteiger partial charge in [0.25, 0.3) is 0 Å². The predicted octanol–water partition coefficient (Wildman–Crippen LogP) is 3.29. The van der Waals surface area contributed by atoms with Gasteiger partial charge >= 0.3 is 0 Å². The molecule has 5 nitrogen and oxygen atoms in total. The number of hydrogen-bond donors (Lipinski definition) is 0. The fourth-order valence-corrected chi connectivity index (χ4v) is 3.71. The van der Waals surface area contributed by atoms with E-state index in [1.54, 1.807) is 11.8 Å². The van der Waals surface area contributed by atoms with Crippen LogP contribution in [0.15, 0.2) is 34.9 Å². The molecule has 0 radical (unpaired) electrons. The van der Waals surface area contributed by atoms with E-state index in [1.807, 2.05) is 35.2 Å². The molecule has 0 aliphatic carbocycles. The molecule has 1 aliphatic rings. The van der Waals surface area contributed by atoms with E-state index in [4.69, 9.17) is 4.52 Å². The Bertz CT molecular complexity index is 659. The minimum Gasteiger partial charge on any atom is -0.339 e. The van der Waals surface area contributed by atoms with Crippen molar-refractivity contribution in [3.8, 4) is 0 Å². The first-order valence-corrected chi connectivity index (χ1v) is 9.60. The van der Waals surface area contributed by atoms with Crippen LogP contribution < -0.4 is 0 Å². The first-order chi connectivity index (χ1) is 11.7. The maximum absolute atomic E-state index is 12.3. The Kier molecular flexibility index (Phi) is 5.91. The van der Waals surface area contributed by atoms with Crippen LogP contribution in [0.3, 0.4) is 0 Å². The number of nitrogens with zero attached hydrogens (tertiary/aromatic N) is 3. The van der Waals surface area contributed by atoms with Gasteiger partial charge in [-0.05, 0) is 31.7 Å². The Labute approximate surface area is 146 Å². The third-order valence-electron chi connectivity index (χ3n) is 4.29. The zero-order chi connectivity index (χ0) is 16.8. The lowest BCUT2D eigenvalue weighted by Crippen LogP contribution is -2.42. The van der Waals surface area contributed by atoms with Gasteiger partial charge in [0.2, 0.25) is 11.8 Å². The van der Waals surface area contributed by atoms with E-state index in [0.29, 0.717) is 35.7 Å². The summed E-state index contributed by atoms with van der Waals surface area (Å²) in [6.45, 7) is 3.03. The normalized spacial score (nSPS) is 17.9. The first-order valence-electron chi connectivity index (χ1n) is 8.45. The van der Waals surface area contributed by atoms with Crippen LogP contribution in [0.25, 0.3) is 0 Å². The molecule has 128 valence electrons. The Hall–Kier alpha value is -1.82. The monoisotopic (exact) mass is 345 g/mol. The van der Waals surface area contributed by atoms with Crippen LogP contribution in [0, 0.1) is 0 Å². The van der Waals surface area contributed by atoms with Gasteiger partial charge in [0.15, 0.2) is 5.82 Å². The number of aromatic nitrogens is 2. The molecule has 3 rings (SSSR count). The van der Waals surface area contributed by atoms with E-state index in [2.05, 4.69) is 17.1 Å². The molecule has 1 atom stereocenters. The van der Waals surface area contributed by atoms with Gasteiger partial charge < -0.3 is 9.42 Å². The molecule has 6 heteroatoms. The van der Waals surface area contributed by atoms with Crippen molar-refractivity contribution < 1.29 is 9.32 Å². The molecule has 0 saturated carbocycles. The highest BCUT2D eigenvalue weighted by Crippen LogP contribution is 2.19. The summed E-state index contributed by atoms with van der Waals surface area (Å²) < 4.78 is 5.29. The van der Waals surface area contributed by atoms with E-state index < -0.39 is 0 Å². The number of piperidine rings is 1. The summed E-state index contributed by atoms with van der Waals surface area (Å²) in [6.07, 6.45) is 4.10. The molecule has 1 amide bonds. The first kappa shape index (κ1) is 17.0. The summed E-state index contributed by atoms with van der Waals surface area (Å²) in [5.74, 6) is 2.58. The summed E-state index contributed by atoms with van der Waals surface area (Å²) in [5.41, 5.74) is 1.15. The second-order valence-corrected chi connectivity index (χ2v) is 7.18. The van der Waals surface area contributed by atoms with Crippen molar-refractivity contribution in [1.29, 1.82) is 0 Å². The van der Waals surface area contributed by atoms with Gasteiger partial charge in [-0.1, -0.05) is 35.5 Å². The smallest absolute Gasteiger partial charge is 0.232 e. The van der Waals surface area contributed by atoms with Gasteiger partial charge in [-0.3, -0.25) is 4.79 Å². The average molecular weight is 345 g/mol. The van der Waals surface area contributed by atoms with Gasteiger partial charge in [-0.25, -0.2) is 0 Å². The van der Waals surface area contributed by atoms with E-state index in [1.165, 1.54) is 6.42 Å². The number of likely N-dealkylation sites (tertiary alicyclic amines) is 1. The number of rotatable bonds is 6. The van der Waals surface area contributed by atoms with Crippen LogP contribution in [0.2, 0.25) is 0 Å².